The molecule has 1 aliphatic rings. The van der Waals surface area contributed by atoms with E-state index in [1.54, 1.807) is 0 Å². The second-order valence-electron chi connectivity index (χ2n) is 4.36. The van der Waals surface area contributed by atoms with Crippen molar-refractivity contribution in [2.24, 2.45) is 5.41 Å². The molecular formula is C9H18O. The second-order valence-corrected chi connectivity index (χ2v) is 4.36. The van der Waals surface area contributed by atoms with Gasteiger partial charge in [-0.25, -0.2) is 0 Å². The minimum absolute atomic E-state index is 0.130. The summed E-state index contributed by atoms with van der Waals surface area (Å²) in [5.41, 5.74) is -0.295. The molecule has 1 unspecified atom stereocenters. The summed E-state index contributed by atoms with van der Waals surface area (Å²) in [6.45, 7) is 6.28. The van der Waals surface area contributed by atoms with E-state index in [-0.39, 0.29) is 5.41 Å². The minimum atomic E-state index is -0.425. The number of rotatable bonds is 0. The number of hydrogen-bond donors (Lipinski definition) is 1. The summed E-state index contributed by atoms with van der Waals surface area (Å²) in [5.74, 6) is 0. The van der Waals surface area contributed by atoms with Gasteiger partial charge in [0.2, 0.25) is 0 Å². The van der Waals surface area contributed by atoms with Crippen LogP contribution in [0, 0.1) is 5.41 Å². The first kappa shape index (κ1) is 8.06. The van der Waals surface area contributed by atoms with Crippen molar-refractivity contribution < 1.29 is 5.11 Å². The smallest absolute Gasteiger partial charge is 0.0670 e. The van der Waals surface area contributed by atoms with Crippen LogP contribution in [0.15, 0.2) is 0 Å². The molecule has 0 spiro atoms. The molecule has 0 heterocycles. The van der Waals surface area contributed by atoms with Crippen LogP contribution in [0.3, 0.4) is 0 Å². The average Bonchev–Trinajstić information content (AvgIpc) is 1.77. The van der Waals surface area contributed by atoms with Crippen molar-refractivity contribution in [3.63, 3.8) is 0 Å². The van der Waals surface area contributed by atoms with Crippen LogP contribution in [0.25, 0.3) is 0 Å². The summed E-state index contributed by atoms with van der Waals surface area (Å²) < 4.78 is 0. The summed E-state index contributed by atoms with van der Waals surface area (Å²) in [4.78, 5) is 0. The molecule has 0 saturated heterocycles. The van der Waals surface area contributed by atoms with Crippen molar-refractivity contribution in [1.82, 2.24) is 0 Å². The molecule has 1 N–H and O–H groups in total. The Hall–Kier alpha value is -0.0400. The third-order valence-electron chi connectivity index (χ3n) is 3.17. The molecule has 0 radical (unpaired) electrons. The highest BCUT2D eigenvalue weighted by atomic mass is 16.3. The molecule has 0 aliphatic heterocycles. The zero-order chi connectivity index (χ0) is 7.83. The van der Waals surface area contributed by atoms with Crippen LogP contribution in [0.5, 0.6) is 0 Å². The molecule has 0 aromatic carbocycles. The van der Waals surface area contributed by atoms with E-state index < -0.39 is 5.60 Å². The fourth-order valence-electron chi connectivity index (χ4n) is 1.64. The molecule has 0 amide bonds. The first-order chi connectivity index (χ1) is 4.46. The van der Waals surface area contributed by atoms with Crippen LogP contribution in [0.4, 0.5) is 0 Å². The first-order valence-electron chi connectivity index (χ1n) is 4.18. The highest BCUT2D eigenvalue weighted by Gasteiger charge is 2.40. The molecule has 1 aliphatic carbocycles. The Morgan fingerprint density at radius 2 is 1.50 bits per heavy atom. The number of hydrogen-bond acceptors (Lipinski definition) is 1. The minimum Gasteiger partial charge on any atom is -0.390 e. The van der Waals surface area contributed by atoms with E-state index in [1.807, 2.05) is 6.92 Å². The maximum atomic E-state index is 9.90. The van der Waals surface area contributed by atoms with E-state index in [2.05, 4.69) is 13.8 Å². The first-order valence-corrected chi connectivity index (χ1v) is 4.18. The van der Waals surface area contributed by atoms with Crippen molar-refractivity contribution in [2.75, 3.05) is 0 Å². The standard InChI is InChI=1S/C9H18O/c1-8(2)6-4-5-7-9(8,3)10/h10H,4-7H2,1-3H3. The highest BCUT2D eigenvalue weighted by Crippen LogP contribution is 2.43. The molecule has 1 heteroatoms. The predicted octanol–water partition coefficient (Wildman–Crippen LogP) is 2.34. The zero-order valence-corrected chi connectivity index (χ0v) is 7.28. The van der Waals surface area contributed by atoms with E-state index in [4.69, 9.17) is 0 Å². The molecule has 1 rings (SSSR count). The van der Waals surface area contributed by atoms with Gasteiger partial charge in [0.1, 0.15) is 0 Å². The summed E-state index contributed by atoms with van der Waals surface area (Å²) in [7, 11) is 0. The van der Waals surface area contributed by atoms with Crippen molar-refractivity contribution >= 4 is 0 Å². The molecular weight excluding hydrogens is 124 g/mol. The van der Waals surface area contributed by atoms with E-state index in [0.717, 1.165) is 6.42 Å². The van der Waals surface area contributed by atoms with Gasteiger partial charge in [0.25, 0.3) is 0 Å². The van der Waals surface area contributed by atoms with Gasteiger partial charge in [-0.15, -0.1) is 0 Å². The Labute approximate surface area is 63.4 Å². The summed E-state index contributed by atoms with van der Waals surface area (Å²) in [6, 6.07) is 0. The molecule has 0 aromatic heterocycles. The Morgan fingerprint density at radius 3 is 1.80 bits per heavy atom. The molecule has 1 nitrogen and oxygen atoms in total. The van der Waals surface area contributed by atoms with E-state index in [1.165, 1.54) is 19.3 Å². The largest absolute Gasteiger partial charge is 0.390 e. The second kappa shape index (κ2) is 2.23. The topological polar surface area (TPSA) is 20.2 Å². The van der Waals surface area contributed by atoms with Crippen LogP contribution < -0.4 is 0 Å². The zero-order valence-electron chi connectivity index (χ0n) is 7.28. The van der Waals surface area contributed by atoms with E-state index >= 15 is 0 Å². The summed E-state index contributed by atoms with van der Waals surface area (Å²) >= 11 is 0. The van der Waals surface area contributed by atoms with Crippen molar-refractivity contribution in [2.45, 2.75) is 52.1 Å². The lowest BCUT2D eigenvalue weighted by atomic mass is 9.66. The van der Waals surface area contributed by atoms with Gasteiger partial charge in [0.15, 0.2) is 0 Å². The van der Waals surface area contributed by atoms with Gasteiger partial charge in [0, 0.05) is 0 Å². The van der Waals surface area contributed by atoms with Gasteiger partial charge in [-0.3, -0.25) is 0 Å². The normalized spacial score (nSPS) is 39.6. The van der Waals surface area contributed by atoms with E-state index in [0.29, 0.717) is 0 Å². The van der Waals surface area contributed by atoms with Gasteiger partial charge >= 0.3 is 0 Å². The molecule has 1 atom stereocenters. The van der Waals surface area contributed by atoms with Gasteiger partial charge in [0.05, 0.1) is 5.60 Å². The highest BCUT2D eigenvalue weighted by molar-refractivity contribution is 4.92. The van der Waals surface area contributed by atoms with Crippen LogP contribution in [-0.2, 0) is 0 Å². The predicted molar refractivity (Wildman–Crippen MR) is 42.9 cm³/mol. The quantitative estimate of drug-likeness (QED) is 0.550. The Morgan fingerprint density at radius 1 is 1.00 bits per heavy atom. The third kappa shape index (κ3) is 1.20. The van der Waals surface area contributed by atoms with Crippen LogP contribution >= 0.6 is 0 Å². The fourth-order valence-corrected chi connectivity index (χ4v) is 1.64. The maximum Gasteiger partial charge on any atom is 0.0670 e. The molecule has 10 heavy (non-hydrogen) atoms. The lowest BCUT2D eigenvalue weighted by Gasteiger charge is -2.44. The van der Waals surface area contributed by atoms with Crippen LogP contribution in [-0.4, -0.2) is 10.7 Å². The maximum absolute atomic E-state index is 9.90. The molecule has 1 saturated carbocycles. The molecule has 1 fully saturated rings. The van der Waals surface area contributed by atoms with Gasteiger partial charge in [-0.1, -0.05) is 26.7 Å². The molecule has 60 valence electrons. The lowest BCUT2D eigenvalue weighted by molar-refractivity contribution is -0.0812. The Bertz CT molecular complexity index is 109. The van der Waals surface area contributed by atoms with Gasteiger partial charge in [-0.05, 0) is 25.2 Å². The lowest BCUT2D eigenvalue weighted by Crippen LogP contribution is -2.44. The van der Waals surface area contributed by atoms with Crippen LogP contribution in [0.2, 0.25) is 0 Å². The van der Waals surface area contributed by atoms with E-state index in [9.17, 15) is 5.11 Å². The summed E-state index contributed by atoms with van der Waals surface area (Å²) in [5, 5.41) is 9.90. The number of aliphatic hydroxyl groups is 1. The SMILES string of the molecule is CC1(C)CCCCC1(C)O. The Kier molecular flexibility index (Phi) is 1.80. The molecule has 0 bridgehead atoms. The van der Waals surface area contributed by atoms with Crippen molar-refractivity contribution in [1.29, 1.82) is 0 Å². The van der Waals surface area contributed by atoms with Gasteiger partial charge < -0.3 is 5.11 Å². The fraction of sp³-hybridized carbons (Fsp3) is 1.00. The van der Waals surface area contributed by atoms with Crippen LogP contribution in [0.1, 0.15) is 46.5 Å². The van der Waals surface area contributed by atoms with Gasteiger partial charge in [-0.2, -0.15) is 0 Å². The summed E-state index contributed by atoms with van der Waals surface area (Å²) in [6.07, 6.45) is 4.61. The van der Waals surface area contributed by atoms with Crippen molar-refractivity contribution in [3.05, 3.63) is 0 Å². The third-order valence-corrected chi connectivity index (χ3v) is 3.17. The monoisotopic (exact) mass is 142 g/mol. The average molecular weight is 142 g/mol. The molecule has 0 aromatic rings. The van der Waals surface area contributed by atoms with Crippen molar-refractivity contribution in [3.8, 4) is 0 Å². The Balaban J connectivity index is 2.70.